The average Bonchev–Trinajstić information content (AvgIpc) is 2.38. The number of nitrogens with zero attached hydrogens (tertiary/aromatic N) is 2. The Kier molecular flexibility index (Phi) is 3.99. The molecule has 0 saturated carbocycles. The normalized spacial score (nSPS) is 22.4. The van der Waals surface area contributed by atoms with Gasteiger partial charge in [-0.25, -0.2) is 4.98 Å². The fourth-order valence-corrected chi connectivity index (χ4v) is 2.28. The molecule has 106 valence electrons. The summed E-state index contributed by atoms with van der Waals surface area (Å²) in [6.07, 6.45) is -2.55. The molecule has 1 aromatic heterocycles. The average molecular weight is 274 g/mol. The van der Waals surface area contributed by atoms with Gasteiger partial charge in [-0.3, -0.25) is 0 Å². The molecule has 1 unspecified atom stereocenters. The highest BCUT2D eigenvalue weighted by Crippen LogP contribution is 2.34. The Labute approximate surface area is 110 Å². The van der Waals surface area contributed by atoms with E-state index in [2.05, 4.69) is 4.98 Å². The second-order valence-electron chi connectivity index (χ2n) is 4.95. The Bertz CT molecular complexity index is 417. The third-order valence-electron chi connectivity index (χ3n) is 3.46. The van der Waals surface area contributed by atoms with Gasteiger partial charge in [-0.15, -0.1) is 0 Å². The van der Waals surface area contributed by atoms with Crippen LogP contribution in [0.1, 0.15) is 31.4 Å². The third-order valence-corrected chi connectivity index (χ3v) is 3.46. The lowest BCUT2D eigenvalue weighted by molar-refractivity contribution is -0.176. The summed E-state index contributed by atoms with van der Waals surface area (Å²) in [6, 6.07) is 3.37. The zero-order valence-electron chi connectivity index (χ0n) is 10.7. The molecule has 0 radical (unpaired) electrons. The zero-order chi connectivity index (χ0) is 14.0. The maximum atomic E-state index is 12.7. The lowest BCUT2D eigenvalue weighted by atomic mass is 9.97. The molecule has 0 aromatic carbocycles. The molecule has 1 aliphatic rings. The maximum Gasteiger partial charge on any atom is 0.393 e. The lowest BCUT2D eigenvalue weighted by Crippen LogP contribution is -2.42. The van der Waals surface area contributed by atoms with Crippen molar-refractivity contribution in [3.05, 3.63) is 23.9 Å². The van der Waals surface area contributed by atoms with Crippen molar-refractivity contribution in [1.29, 1.82) is 0 Å². The summed E-state index contributed by atoms with van der Waals surface area (Å²) in [5.74, 6) is -0.738. The van der Waals surface area contributed by atoms with Crippen molar-refractivity contribution in [2.45, 2.75) is 32.0 Å². The van der Waals surface area contributed by atoms with Gasteiger partial charge in [0, 0.05) is 19.3 Å². The summed E-state index contributed by atoms with van der Waals surface area (Å²) >= 11 is 0. The SMILES string of the molecule is C[C@H](O)c1ccc(N2CCCC(C(F)(F)F)C2)nc1. The van der Waals surface area contributed by atoms with Gasteiger partial charge in [0.1, 0.15) is 5.82 Å². The van der Waals surface area contributed by atoms with E-state index >= 15 is 0 Å². The number of piperidine rings is 1. The van der Waals surface area contributed by atoms with Crippen molar-refractivity contribution >= 4 is 5.82 Å². The van der Waals surface area contributed by atoms with Crippen LogP contribution in [0.25, 0.3) is 0 Å². The van der Waals surface area contributed by atoms with E-state index in [1.54, 1.807) is 24.0 Å². The molecule has 0 aliphatic carbocycles. The van der Waals surface area contributed by atoms with E-state index in [1.165, 1.54) is 6.20 Å². The first-order valence-corrected chi connectivity index (χ1v) is 6.33. The number of aliphatic hydroxyl groups is 1. The van der Waals surface area contributed by atoms with E-state index in [1.807, 2.05) is 0 Å². The number of hydrogen-bond acceptors (Lipinski definition) is 3. The second kappa shape index (κ2) is 5.36. The minimum atomic E-state index is -4.14. The largest absolute Gasteiger partial charge is 0.393 e. The Morgan fingerprint density at radius 2 is 2.16 bits per heavy atom. The predicted octanol–water partition coefficient (Wildman–Crippen LogP) is 2.91. The first kappa shape index (κ1) is 14.1. The predicted molar refractivity (Wildman–Crippen MR) is 65.9 cm³/mol. The van der Waals surface area contributed by atoms with Gasteiger partial charge in [0.05, 0.1) is 12.0 Å². The van der Waals surface area contributed by atoms with Crippen molar-refractivity contribution in [3.8, 4) is 0 Å². The Morgan fingerprint density at radius 1 is 1.42 bits per heavy atom. The van der Waals surface area contributed by atoms with Gasteiger partial charge in [-0.05, 0) is 31.4 Å². The van der Waals surface area contributed by atoms with Crippen LogP contribution in [0.5, 0.6) is 0 Å². The Balaban J connectivity index is 2.09. The van der Waals surface area contributed by atoms with E-state index in [-0.39, 0.29) is 13.0 Å². The van der Waals surface area contributed by atoms with Gasteiger partial charge in [0.25, 0.3) is 0 Å². The van der Waals surface area contributed by atoms with Gasteiger partial charge in [-0.2, -0.15) is 13.2 Å². The molecular weight excluding hydrogens is 257 g/mol. The van der Waals surface area contributed by atoms with E-state index in [4.69, 9.17) is 0 Å². The van der Waals surface area contributed by atoms with Gasteiger partial charge in [0.15, 0.2) is 0 Å². The molecule has 2 rings (SSSR count). The minimum Gasteiger partial charge on any atom is -0.389 e. The molecule has 2 atom stereocenters. The number of pyridine rings is 1. The molecule has 0 amide bonds. The monoisotopic (exact) mass is 274 g/mol. The van der Waals surface area contributed by atoms with Crippen LogP contribution < -0.4 is 4.90 Å². The van der Waals surface area contributed by atoms with Gasteiger partial charge < -0.3 is 10.0 Å². The summed E-state index contributed by atoms with van der Waals surface area (Å²) in [6.45, 7) is 2.18. The zero-order valence-corrected chi connectivity index (χ0v) is 10.7. The van der Waals surface area contributed by atoms with E-state index in [9.17, 15) is 18.3 Å². The number of anilines is 1. The highest BCUT2D eigenvalue weighted by Gasteiger charge is 2.41. The van der Waals surface area contributed by atoms with Crippen molar-refractivity contribution < 1.29 is 18.3 Å². The van der Waals surface area contributed by atoms with Crippen LogP contribution in [0.3, 0.4) is 0 Å². The highest BCUT2D eigenvalue weighted by atomic mass is 19.4. The number of hydrogen-bond donors (Lipinski definition) is 1. The number of rotatable bonds is 2. The first-order valence-electron chi connectivity index (χ1n) is 6.33. The van der Waals surface area contributed by atoms with E-state index in [0.717, 1.165) is 0 Å². The number of halogens is 3. The van der Waals surface area contributed by atoms with Crippen LogP contribution in [0.4, 0.5) is 19.0 Å². The fourth-order valence-electron chi connectivity index (χ4n) is 2.28. The molecule has 1 fully saturated rings. The summed E-state index contributed by atoms with van der Waals surface area (Å²) < 4.78 is 38.2. The van der Waals surface area contributed by atoms with Crippen molar-refractivity contribution in [1.82, 2.24) is 4.98 Å². The van der Waals surface area contributed by atoms with Gasteiger partial charge >= 0.3 is 6.18 Å². The summed E-state index contributed by atoms with van der Waals surface area (Å²) in [5.41, 5.74) is 0.660. The van der Waals surface area contributed by atoms with Crippen LogP contribution >= 0.6 is 0 Å². The van der Waals surface area contributed by atoms with Gasteiger partial charge in [-0.1, -0.05) is 6.07 Å². The molecule has 0 bridgehead atoms. The summed E-state index contributed by atoms with van der Waals surface area (Å²) in [7, 11) is 0. The van der Waals surface area contributed by atoms with E-state index in [0.29, 0.717) is 24.3 Å². The number of aromatic nitrogens is 1. The summed E-state index contributed by atoms with van der Waals surface area (Å²) in [4.78, 5) is 5.80. The fraction of sp³-hybridized carbons (Fsp3) is 0.615. The Morgan fingerprint density at radius 3 is 2.68 bits per heavy atom. The third kappa shape index (κ3) is 3.37. The van der Waals surface area contributed by atoms with Crippen LogP contribution in [0.2, 0.25) is 0 Å². The second-order valence-corrected chi connectivity index (χ2v) is 4.95. The topological polar surface area (TPSA) is 36.4 Å². The van der Waals surface area contributed by atoms with Crippen LogP contribution in [-0.2, 0) is 0 Å². The molecule has 2 heterocycles. The molecule has 1 N–H and O–H groups in total. The summed E-state index contributed by atoms with van der Waals surface area (Å²) in [5, 5.41) is 9.37. The quantitative estimate of drug-likeness (QED) is 0.900. The molecule has 1 saturated heterocycles. The minimum absolute atomic E-state index is 0.0372. The van der Waals surface area contributed by atoms with Crippen molar-refractivity contribution in [2.75, 3.05) is 18.0 Å². The van der Waals surface area contributed by atoms with Crippen LogP contribution in [-0.4, -0.2) is 29.4 Å². The smallest absolute Gasteiger partial charge is 0.389 e. The lowest BCUT2D eigenvalue weighted by Gasteiger charge is -2.34. The van der Waals surface area contributed by atoms with Crippen molar-refractivity contribution in [3.63, 3.8) is 0 Å². The Hall–Kier alpha value is -1.30. The molecule has 0 spiro atoms. The molecule has 1 aromatic rings. The molecule has 3 nitrogen and oxygen atoms in total. The first-order chi connectivity index (χ1) is 8.88. The molecule has 1 aliphatic heterocycles. The van der Waals surface area contributed by atoms with E-state index < -0.39 is 18.2 Å². The van der Waals surface area contributed by atoms with Crippen molar-refractivity contribution in [2.24, 2.45) is 5.92 Å². The van der Waals surface area contributed by atoms with Crippen LogP contribution in [0, 0.1) is 5.92 Å². The number of alkyl halides is 3. The molecular formula is C13H17F3N2O. The van der Waals surface area contributed by atoms with Crippen LogP contribution in [0.15, 0.2) is 18.3 Å². The molecule has 19 heavy (non-hydrogen) atoms. The highest BCUT2D eigenvalue weighted by molar-refractivity contribution is 5.40. The molecule has 6 heteroatoms. The standard InChI is InChI=1S/C13H17F3N2O/c1-9(19)10-4-5-12(17-7-10)18-6-2-3-11(8-18)13(14,15)16/h4-5,7,9,11,19H,2-3,6,8H2,1H3/t9-,11?/m0/s1. The maximum absolute atomic E-state index is 12.7. The van der Waals surface area contributed by atoms with Gasteiger partial charge in [0.2, 0.25) is 0 Å². The number of aliphatic hydroxyl groups excluding tert-OH is 1.